The maximum Gasteiger partial charge on any atom is 0.251 e. The Morgan fingerprint density at radius 2 is 2.00 bits per heavy atom. The summed E-state index contributed by atoms with van der Waals surface area (Å²) in [7, 11) is -3.71. The number of sulfonamides is 1. The second kappa shape index (κ2) is 7.82. The fraction of sp³-hybridized carbons (Fsp3) is 0.588. The third kappa shape index (κ3) is 4.38. The van der Waals surface area contributed by atoms with E-state index in [-0.39, 0.29) is 23.4 Å². The zero-order valence-corrected chi connectivity index (χ0v) is 14.9. The highest BCUT2D eigenvalue weighted by Crippen LogP contribution is 2.21. The van der Waals surface area contributed by atoms with Gasteiger partial charge in [-0.25, -0.2) is 8.42 Å². The van der Waals surface area contributed by atoms with Gasteiger partial charge in [-0.05, 0) is 43.9 Å². The van der Waals surface area contributed by atoms with Gasteiger partial charge in [0.05, 0.1) is 11.0 Å². The van der Waals surface area contributed by atoms with E-state index in [1.54, 1.807) is 12.1 Å². The molecule has 2 aliphatic rings. The molecule has 0 saturated carbocycles. The molecule has 1 amide bonds. The molecule has 2 fully saturated rings. The standard InChI is InChI=1S/C17H24N2O5S/c20-15-4-2-8-19(12-15)25(22,23)16-5-1-3-13(11-16)17(21)18-14-6-9-24-10-7-14/h1,3,5,11,14-15,20H,2,4,6-10,12H2,(H,18,21)/t15-/m0/s1. The summed E-state index contributed by atoms with van der Waals surface area (Å²) >= 11 is 0. The molecule has 1 atom stereocenters. The Balaban J connectivity index is 1.75. The molecule has 2 N–H and O–H groups in total. The lowest BCUT2D eigenvalue weighted by Gasteiger charge is -2.29. The van der Waals surface area contributed by atoms with E-state index in [1.807, 2.05) is 0 Å². The minimum Gasteiger partial charge on any atom is -0.392 e. The number of piperidine rings is 1. The molecule has 0 aromatic heterocycles. The number of β-amino-alcohol motifs (C(OH)–C–C–N with tert-alkyl or cyclic N) is 1. The SMILES string of the molecule is O=C(NC1CCOCC1)c1cccc(S(=O)(=O)N2CCC[C@H](O)C2)c1. The quantitative estimate of drug-likeness (QED) is 0.817. The molecule has 25 heavy (non-hydrogen) atoms. The molecule has 0 bridgehead atoms. The summed E-state index contributed by atoms with van der Waals surface area (Å²) in [4.78, 5) is 12.5. The summed E-state index contributed by atoms with van der Waals surface area (Å²) < 4.78 is 32.1. The Morgan fingerprint density at radius 3 is 2.72 bits per heavy atom. The number of benzene rings is 1. The van der Waals surface area contributed by atoms with E-state index in [1.165, 1.54) is 16.4 Å². The summed E-state index contributed by atoms with van der Waals surface area (Å²) in [6.45, 7) is 1.73. The largest absolute Gasteiger partial charge is 0.392 e. The smallest absolute Gasteiger partial charge is 0.251 e. The topological polar surface area (TPSA) is 95.9 Å². The molecule has 1 aromatic rings. The van der Waals surface area contributed by atoms with Gasteiger partial charge in [-0.1, -0.05) is 6.07 Å². The Morgan fingerprint density at radius 1 is 1.24 bits per heavy atom. The molecule has 0 radical (unpaired) electrons. The highest BCUT2D eigenvalue weighted by molar-refractivity contribution is 7.89. The van der Waals surface area contributed by atoms with Gasteiger partial charge in [-0.3, -0.25) is 4.79 Å². The van der Waals surface area contributed by atoms with E-state index >= 15 is 0 Å². The van der Waals surface area contributed by atoms with E-state index in [0.717, 1.165) is 12.8 Å². The van der Waals surface area contributed by atoms with Crippen LogP contribution in [0.1, 0.15) is 36.0 Å². The van der Waals surface area contributed by atoms with Gasteiger partial charge in [0.25, 0.3) is 5.91 Å². The van der Waals surface area contributed by atoms with Crippen LogP contribution in [0.15, 0.2) is 29.2 Å². The fourth-order valence-corrected chi connectivity index (χ4v) is 4.76. The zero-order valence-electron chi connectivity index (χ0n) is 14.1. The van der Waals surface area contributed by atoms with Crippen LogP contribution in [0.25, 0.3) is 0 Å². The van der Waals surface area contributed by atoms with Gasteiger partial charge in [0.1, 0.15) is 0 Å². The zero-order chi connectivity index (χ0) is 17.9. The number of amides is 1. The van der Waals surface area contributed by atoms with Crippen LogP contribution in [-0.2, 0) is 14.8 Å². The van der Waals surface area contributed by atoms with Crippen LogP contribution in [0.5, 0.6) is 0 Å². The van der Waals surface area contributed by atoms with Crippen molar-refractivity contribution in [1.29, 1.82) is 0 Å². The van der Waals surface area contributed by atoms with Crippen molar-refractivity contribution in [2.75, 3.05) is 26.3 Å². The average Bonchev–Trinajstić information content (AvgIpc) is 2.62. The molecule has 3 rings (SSSR count). The van der Waals surface area contributed by atoms with Crippen LogP contribution in [0.2, 0.25) is 0 Å². The van der Waals surface area contributed by atoms with Crippen LogP contribution in [-0.4, -0.2) is 62.2 Å². The number of hydrogen-bond acceptors (Lipinski definition) is 5. The Labute approximate surface area is 148 Å². The number of aliphatic hydroxyl groups excluding tert-OH is 1. The highest BCUT2D eigenvalue weighted by atomic mass is 32.2. The Bertz CT molecular complexity index is 716. The van der Waals surface area contributed by atoms with Crippen molar-refractivity contribution in [1.82, 2.24) is 9.62 Å². The van der Waals surface area contributed by atoms with Crippen molar-refractivity contribution < 1.29 is 23.1 Å². The molecular weight excluding hydrogens is 344 g/mol. The third-order valence-electron chi connectivity index (χ3n) is 4.65. The summed E-state index contributed by atoms with van der Waals surface area (Å²) in [5, 5.41) is 12.7. The number of nitrogens with zero attached hydrogens (tertiary/aromatic N) is 1. The first-order valence-electron chi connectivity index (χ1n) is 8.64. The first-order valence-corrected chi connectivity index (χ1v) is 10.1. The van der Waals surface area contributed by atoms with Crippen molar-refractivity contribution in [3.8, 4) is 0 Å². The summed E-state index contributed by atoms with van der Waals surface area (Å²) in [6.07, 6.45) is 2.12. The van der Waals surface area contributed by atoms with Gasteiger partial charge < -0.3 is 15.2 Å². The van der Waals surface area contributed by atoms with Crippen molar-refractivity contribution in [3.63, 3.8) is 0 Å². The van der Waals surface area contributed by atoms with Crippen LogP contribution >= 0.6 is 0 Å². The van der Waals surface area contributed by atoms with Gasteiger partial charge in [0.2, 0.25) is 10.0 Å². The van der Waals surface area contributed by atoms with E-state index < -0.39 is 16.1 Å². The van der Waals surface area contributed by atoms with E-state index in [0.29, 0.717) is 38.2 Å². The summed E-state index contributed by atoms with van der Waals surface area (Å²) in [5.41, 5.74) is 0.324. The Kier molecular flexibility index (Phi) is 5.73. The number of ether oxygens (including phenoxy) is 1. The van der Waals surface area contributed by atoms with Gasteiger partial charge in [-0.2, -0.15) is 4.31 Å². The second-order valence-electron chi connectivity index (χ2n) is 6.55. The van der Waals surface area contributed by atoms with Crippen LogP contribution in [0.4, 0.5) is 0 Å². The fourth-order valence-electron chi connectivity index (χ4n) is 3.20. The maximum atomic E-state index is 12.8. The molecule has 2 heterocycles. The van der Waals surface area contributed by atoms with Gasteiger partial charge in [0.15, 0.2) is 0 Å². The maximum absolute atomic E-state index is 12.8. The third-order valence-corrected chi connectivity index (χ3v) is 6.51. The monoisotopic (exact) mass is 368 g/mol. The minimum atomic E-state index is -3.71. The van der Waals surface area contributed by atoms with Crippen LogP contribution in [0.3, 0.4) is 0 Å². The normalized spacial score (nSPS) is 23.3. The number of rotatable bonds is 4. The first-order chi connectivity index (χ1) is 12.0. The molecule has 138 valence electrons. The van der Waals surface area contributed by atoms with Gasteiger partial charge >= 0.3 is 0 Å². The van der Waals surface area contributed by atoms with Gasteiger partial charge in [-0.15, -0.1) is 0 Å². The average molecular weight is 368 g/mol. The van der Waals surface area contributed by atoms with E-state index in [2.05, 4.69) is 5.32 Å². The molecule has 7 nitrogen and oxygen atoms in total. The number of hydrogen-bond donors (Lipinski definition) is 2. The van der Waals surface area contributed by atoms with Gasteiger partial charge in [0, 0.05) is 37.9 Å². The minimum absolute atomic E-state index is 0.0544. The highest BCUT2D eigenvalue weighted by Gasteiger charge is 2.30. The van der Waals surface area contributed by atoms with Crippen molar-refractivity contribution in [2.45, 2.75) is 42.7 Å². The van der Waals surface area contributed by atoms with Crippen LogP contribution < -0.4 is 5.32 Å². The molecule has 8 heteroatoms. The second-order valence-corrected chi connectivity index (χ2v) is 8.48. The lowest BCUT2D eigenvalue weighted by Crippen LogP contribution is -2.42. The van der Waals surface area contributed by atoms with Crippen molar-refractivity contribution >= 4 is 15.9 Å². The van der Waals surface area contributed by atoms with Crippen molar-refractivity contribution in [3.05, 3.63) is 29.8 Å². The number of carbonyl (C=O) groups excluding carboxylic acids is 1. The lowest BCUT2D eigenvalue weighted by atomic mass is 10.1. The van der Waals surface area contributed by atoms with Crippen molar-refractivity contribution in [2.24, 2.45) is 0 Å². The predicted molar refractivity (Wildman–Crippen MR) is 91.7 cm³/mol. The molecule has 2 aliphatic heterocycles. The van der Waals surface area contributed by atoms with E-state index in [9.17, 15) is 18.3 Å². The number of carbonyl (C=O) groups is 1. The molecule has 0 aliphatic carbocycles. The summed E-state index contributed by atoms with van der Waals surface area (Å²) in [6, 6.07) is 6.14. The molecule has 1 aromatic carbocycles. The van der Waals surface area contributed by atoms with E-state index in [4.69, 9.17) is 4.74 Å². The summed E-state index contributed by atoms with van der Waals surface area (Å²) in [5.74, 6) is -0.275. The Hall–Kier alpha value is -1.48. The number of aliphatic hydroxyl groups is 1. The molecule has 2 saturated heterocycles. The predicted octanol–water partition coefficient (Wildman–Crippen LogP) is 0.741. The lowest BCUT2D eigenvalue weighted by molar-refractivity contribution is 0.0696. The molecular formula is C17H24N2O5S. The molecule has 0 spiro atoms. The first kappa shape index (κ1) is 18.3. The number of nitrogens with one attached hydrogen (secondary N) is 1. The molecule has 0 unspecified atom stereocenters. The van der Waals surface area contributed by atoms with Crippen LogP contribution in [0, 0.1) is 0 Å².